The quantitative estimate of drug-likeness (QED) is 0.873. The van der Waals surface area contributed by atoms with Gasteiger partial charge >= 0.3 is 0 Å². The number of pyridine rings is 1. The largest absolute Gasteiger partial charge is 0.377 e. The van der Waals surface area contributed by atoms with Gasteiger partial charge in [-0.15, -0.1) is 0 Å². The van der Waals surface area contributed by atoms with E-state index in [1.165, 1.54) is 12.0 Å². The zero-order chi connectivity index (χ0) is 12.1. The van der Waals surface area contributed by atoms with Crippen molar-refractivity contribution in [1.82, 2.24) is 4.98 Å². The van der Waals surface area contributed by atoms with E-state index in [4.69, 9.17) is 4.74 Å². The maximum atomic E-state index is 5.58. The Hall–Kier alpha value is -0.740. The normalized spacial score (nSPS) is 23.9. The van der Waals surface area contributed by atoms with Gasteiger partial charge in [-0.3, -0.25) is 0 Å². The highest BCUT2D eigenvalue weighted by molar-refractivity contribution is 7.99. The summed E-state index contributed by atoms with van der Waals surface area (Å²) in [5.74, 6) is 2.03. The molecular weight excluding hydrogens is 232 g/mol. The second-order valence-electron chi connectivity index (χ2n) is 4.26. The summed E-state index contributed by atoms with van der Waals surface area (Å²) in [5, 5.41) is 3.94. The summed E-state index contributed by atoms with van der Waals surface area (Å²) in [6.45, 7) is 6.08. The number of thioether (sulfide) groups is 1. The van der Waals surface area contributed by atoms with Crippen LogP contribution in [-0.2, 0) is 10.5 Å². The minimum absolute atomic E-state index is 0.388. The molecule has 1 N–H and O–H groups in total. The molecule has 2 atom stereocenters. The molecule has 1 saturated heterocycles. The Bertz CT molecular complexity index is 359. The number of aromatic nitrogens is 1. The second-order valence-corrected chi connectivity index (χ2v) is 5.48. The van der Waals surface area contributed by atoms with Crippen LogP contribution in [0.4, 0.5) is 5.82 Å². The number of rotatable bonds is 5. The highest BCUT2D eigenvalue weighted by Gasteiger charge is 2.24. The van der Waals surface area contributed by atoms with Crippen LogP contribution >= 0.6 is 11.8 Å². The van der Waals surface area contributed by atoms with Gasteiger partial charge in [-0.2, -0.15) is 11.8 Å². The average molecular weight is 252 g/mol. The molecule has 1 fully saturated rings. The Morgan fingerprint density at radius 1 is 1.59 bits per heavy atom. The van der Waals surface area contributed by atoms with E-state index in [2.05, 4.69) is 30.2 Å². The molecule has 1 aliphatic rings. The van der Waals surface area contributed by atoms with Crippen LogP contribution < -0.4 is 5.32 Å². The summed E-state index contributed by atoms with van der Waals surface area (Å²) in [5.41, 5.74) is 1.29. The Balaban J connectivity index is 1.93. The van der Waals surface area contributed by atoms with Gasteiger partial charge in [-0.25, -0.2) is 4.98 Å². The predicted octanol–water partition coefficient (Wildman–Crippen LogP) is 2.92. The predicted molar refractivity (Wildman–Crippen MR) is 73.5 cm³/mol. The molecule has 4 heteroatoms. The lowest BCUT2D eigenvalue weighted by Crippen LogP contribution is -2.13. The number of hydrogen-bond donors (Lipinski definition) is 1. The average Bonchev–Trinajstić information content (AvgIpc) is 2.74. The first kappa shape index (κ1) is 12.7. The topological polar surface area (TPSA) is 34.2 Å². The van der Waals surface area contributed by atoms with Crippen molar-refractivity contribution in [1.29, 1.82) is 0 Å². The van der Waals surface area contributed by atoms with Crippen molar-refractivity contribution in [3.05, 3.63) is 23.9 Å². The Kier molecular flexibility index (Phi) is 4.68. The zero-order valence-corrected chi connectivity index (χ0v) is 11.3. The van der Waals surface area contributed by atoms with Gasteiger partial charge < -0.3 is 10.1 Å². The monoisotopic (exact) mass is 252 g/mol. The Labute approximate surface area is 107 Å². The van der Waals surface area contributed by atoms with Gasteiger partial charge in [-0.05, 0) is 26.3 Å². The molecule has 0 saturated carbocycles. The molecule has 17 heavy (non-hydrogen) atoms. The third kappa shape index (κ3) is 3.36. The fraction of sp³-hybridized carbons (Fsp3) is 0.615. The summed E-state index contributed by atoms with van der Waals surface area (Å²) in [6.07, 6.45) is 3.40. The summed E-state index contributed by atoms with van der Waals surface area (Å²) < 4.78 is 5.58. The molecule has 0 aromatic carbocycles. The van der Waals surface area contributed by atoms with Crippen molar-refractivity contribution in [3.63, 3.8) is 0 Å². The van der Waals surface area contributed by atoms with Crippen LogP contribution in [0.3, 0.4) is 0 Å². The summed E-state index contributed by atoms with van der Waals surface area (Å²) in [6, 6.07) is 4.16. The summed E-state index contributed by atoms with van der Waals surface area (Å²) >= 11 is 1.98. The number of nitrogens with zero attached hydrogens (tertiary/aromatic N) is 1. The van der Waals surface area contributed by atoms with E-state index >= 15 is 0 Å². The molecule has 0 spiro atoms. The third-order valence-corrected chi connectivity index (χ3v) is 4.52. The van der Waals surface area contributed by atoms with Crippen LogP contribution in [0.5, 0.6) is 0 Å². The van der Waals surface area contributed by atoms with Crippen molar-refractivity contribution in [3.8, 4) is 0 Å². The molecule has 2 rings (SSSR count). The lowest BCUT2D eigenvalue weighted by atomic mass is 10.2. The van der Waals surface area contributed by atoms with Gasteiger partial charge in [0.1, 0.15) is 5.82 Å². The van der Waals surface area contributed by atoms with Gasteiger partial charge in [0.15, 0.2) is 0 Å². The molecule has 1 aliphatic heterocycles. The molecule has 94 valence electrons. The van der Waals surface area contributed by atoms with Crippen LogP contribution in [0.25, 0.3) is 0 Å². The SMILES string of the molecule is CCNc1ncccc1CSC1CCOC1C. The van der Waals surface area contributed by atoms with Crippen LogP contribution in [-0.4, -0.2) is 29.5 Å². The van der Waals surface area contributed by atoms with Crippen LogP contribution in [0.1, 0.15) is 25.8 Å². The lowest BCUT2D eigenvalue weighted by molar-refractivity contribution is 0.127. The van der Waals surface area contributed by atoms with Crippen LogP contribution in [0.2, 0.25) is 0 Å². The summed E-state index contributed by atoms with van der Waals surface area (Å²) in [7, 11) is 0. The van der Waals surface area contributed by atoms with E-state index in [1.54, 1.807) is 0 Å². The van der Waals surface area contributed by atoms with Gasteiger partial charge in [0.25, 0.3) is 0 Å². The molecule has 2 unspecified atom stereocenters. The molecule has 1 aromatic heterocycles. The van der Waals surface area contributed by atoms with Crippen LogP contribution in [0, 0.1) is 0 Å². The van der Waals surface area contributed by atoms with Crippen molar-refractivity contribution >= 4 is 17.6 Å². The van der Waals surface area contributed by atoms with E-state index in [1.807, 2.05) is 24.0 Å². The fourth-order valence-electron chi connectivity index (χ4n) is 2.01. The third-order valence-electron chi connectivity index (χ3n) is 3.00. The van der Waals surface area contributed by atoms with E-state index in [-0.39, 0.29) is 0 Å². The molecule has 1 aromatic rings. The first-order valence-electron chi connectivity index (χ1n) is 6.22. The lowest BCUT2D eigenvalue weighted by Gasteiger charge is -2.15. The Morgan fingerprint density at radius 3 is 3.18 bits per heavy atom. The van der Waals surface area contributed by atoms with Gasteiger partial charge in [0, 0.05) is 35.9 Å². The van der Waals surface area contributed by atoms with Crippen LogP contribution in [0.15, 0.2) is 18.3 Å². The molecular formula is C13H20N2OS. The molecule has 0 amide bonds. The highest BCUT2D eigenvalue weighted by atomic mass is 32.2. The van der Waals surface area contributed by atoms with Crippen molar-refractivity contribution in [2.75, 3.05) is 18.5 Å². The highest BCUT2D eigenvalue weighted by Crippen LogP contribution is 2.30. The smallest absolute Gasteiger partial charge is 0.129 e. The van der Waals surface area contributed by atoms with E-state index in [0.717, 1.165) is 24.7 Å². The number of ether oxygens (including phenoxy) is 1. The minimum atomic E-state index is 0.388. The van der Waals surface area contributed by atoms with E-state index in [9.17, 15) is 0 Å². The van der Waals surface area contributed by atoms with E-state index < -0.39 is 0 Å². The van der Waals surface area contributed by atoms with E-state index in [0.29, 0.717) is 11.4 Å². The Morgan fingerprint density at radius 2 is 2.47 bits per heavy atom. The molecule has 0 bridgehead atoms. The standard InChI is InChI=1S/C13H20N2OS/c1-3-14-13-11(5-4-7-15-13)9-17-12-6-8-16-10(12)2/h4-5,7,10,12H,3,6,8-9H2,1-2H3,(H,14,15). The van der Waals surface area contributed by atoms with Crippen molar-refractivity contribution < 1.29 is 4.74 Å². The number of anilines is 1. The van der Waals surface area contributed by atoms with Gasteiger partial charge in [0.05, 0.1) is 6.10 Å². The van der Waals surface area contributed by atoms with Crippen molar-refractivity contribution in [2.24, 2.45) is 0 Å². The van der Waals surface area contributed by atoms with Gasteiger partial charge in [-0.1, -0.05) is 6.07 Å². The second kappa shape index (κ2) is 6.26. The first-order chi connectivity index (χ1) is 8.31. The maximum Gasteiger partial charge on any atom is 0.129 e. The first-order valence-corrected chi connectivity index (χ1v) is 7.27. The molecule has 3 nitrogen and oxygen atoms in total. The zero-order valence-electron chi connectivity index (χ0n) is 10.5. The number of hydrogen-bond acceptors (Lipinski definition) is 4. The molecule has 0 radical (unpaired) electrons. The van der Waals surface area contributed by atoms with Crippen molar-refractivity contribution in [2.45, 2.75) is 37.4 Å². The fourth-order valence-corrected chi connectivity index (χ4v) is 3.25. The minimum Gasteiger partial charge on any atom is -0.377 e. The maximum absolute atomic E-state index is 5.58. The molecule has 2 heterocycles. The number of nitrogens with one attached hydrogen (secondary N) is 1. The summed E-state index contributed by atoms with van der Waals surface area (Å²) in [4.78, 5) is 4.38. The van der Waals surface area contributed by atoms with Gasteiger partial charge in [0.2, 0.25) is 0 Å². The molecule has 0 aliphatic carbocycles.